The van der Waals surface area contributed by atoms with Gasteiger partial charge in [0.15, 0.2) is 3.42 Å². The van der Waals surface area contributed by atoms with Gasteiger partial charge in [0.2, 0.25) is 0 Å². The van der Waals surface area contributed by atoms with Gasteiger partial charge in [0, 0.05) is 10.7 Å². The lowest BCUT2D eigenvalue weighted by Crippen LogP contribution is -2.45. The van der Waals surface area contributed by atoms with Gasteiger partial charge in [0.25, 0.3) is 0 Å². The van der Waals surface area contributed by atoms with Crippen LogP contribution in [-0.4, -0.2) is 46.0 Å². The second-order valence-corrected chi connectivity index (χ2v) is 12.9. The van der Waals surface area contributed by atoms with E-state index in [1.807, 2.05) is 34.6 Å². The predicted octanol–water partition coefficient (Wildman–Crippen LogP) is 7.09. The van der Waals surface area contributed by atoms with Crippen molar-refractivity contribution in [2.75, 3.05) is 31.8 Å². The molecule has 7 nitrogen and oxygen atoms in total. The molecule has 0 aliphatic carbocycles. The Morgan fingerprint density at radius 3 is 1.60 bits per heavy atom. The Kier molecular flexibility index (Phi) is 16.1. The number of rotatable bonds is 19. The van der Waals surface area contributed by atoms with Gasteiger partial charge in [-0.1, -0.05) is 69.8 Å². The molecule has 0 aliphatic heterocycles. The zero-order valence-electron chi connectivity index (χ0n) is 18.8. The van der Waals surface area contributed by atoms with Crippen molar-refractivity contribution < 1.29 is 32.7 Å². The standard InChI is InChI=1S/C19H38Br3O7P/c1-6-9-12-25-18(26-13-10-7-2,27-14-11-8-3)16-28-30(23,24)29-19(21,22)17(4,5)15-20/h6-16H2,1-5H3,(H,23,24). The van der Waals surface area contributed by atoms with Crippen LogP contribution in [0.4, 0.5) is 0 Å². The van der Waals surface area contributed by atoms with Gasteiger partial charge in [-0.25, -0.2) is 4.57 Å². The van der Waals surface area contributed by atoms with E-state index in [0.29, 0.717) is 25.2 Å². The summed E-state index contributed by atoms with van der Waals surface area (Å²) in [4.78, 5) is 10.4. The van der Waals surface area contributed by atoms with Crippen LogP contribution in [0.1, 0.15) is 73.1 Å². The Labute approximate surface area is 207 Å². The topological polar surface area (TPSA) is 83.5 Å². The van der Waals surface area contributed by atoms with E-state index in [0.717, 1.165) is 38.5 Å². The second kappa shape index (κ2) is 15.4. The Morgan fingerprint density at radius 1 is 0.867 bits per heavy atom. The first kappa shape index (κ1) is 31.4. The molecule has 11 heteroatoms. The molecule has 0 aromatic carbocycles. The van der Waals surface area contributed by atoms with Crippen LogP contribution < -0.4 is 0 Å². The highest BCUT2D eigenvalue weighted by Gasteiger charge is 2.48. The lowest BCUT2D eigenvalue weighted by molar-refractivity contribution is -0.390. The van der Waals surface area contributed by atoms with Gasteiger partial charge in [0.1, 0.15) is 6.61 Å². The predicted molar refractivity (Wildman–Crippen MR) is 130 cm³/mol. The summed E-state index contributed by atoms with van der Waals surface area (Å²) in [5.74, 6) is -1.56. The molecule has 1 atom stereocenters. The van der Waals surface area contributed by atoms with E-state index < -0.39 is 29.2 Å². The molecule has 0 bridgehead atoms. The Bertz CT molecular complexity index is 480. The van der Waals surface area contributed by atoms with Crippen molar-refractivity contribution in [1.82, 2.24) is 0 Å². The van der Waals surface area contributed by atoms with E-state index in [-0.39, 0.29) is 0 Å². The summed E-state index contributed by atoms with van der Waals surface area (Å²) in [6, 6.07) is 0. The zero-order chi connectivity index (χ0) is 23.3. The summed E-state index contributed by atoms with van der Waals surface area (Å²) >= 11 is 10.0. The Balaban J connectivity index is 5.37. The highest BCUT2D eigenvalue weighted by Crippen LogP contribution is 2.58. The van der Waals surface area contributed by atoms with E-state index in [4.69, 9.17) is 23.3 Å². The first-order valence-electron chi connectivity index (χ1n) is 10.4. The Morgan fingerprint density at radius 2 is 1.27 bits per heavy atom. The molecule has 0 heterocycles. The normalized spacial score (nSPS) is 15.4. The van der Waals surface area contributed by atoms with Gasteiger partial charge in [-0.2, -0.15) is 0 Å². The van der Waals surface area contributed by atoms with Crippen molar-refractivity contribution >= 4 is 55.6 Å². The van der Waals surface area contributed by atoms with Crippen LogP contribution in [0.15, 0.2) is 0 Å². The fourth-order valence-electron chi connectivity index (χ4n) is 1.90. The van der Waals surface area contributed by atoms with E-state index in [1.165, 1.54) is 0 Å². The Hall–Kier alpha value is 1.43. The van der Waals surface area contributed by atoms with Crippen molar-refractivity contribution in [3.63, 3.8) is 0 Å². The van der Waals surface area contributed by atoms with Gasteiger partial charge in [0.05, 0.1) is 19.8 Å². The van der Waals surface area contributed by atoms with Crippen molar-refractivity contribution in [3.05, 3.63) is 0 Å². The summed E-state index contributed by atoms with van der Waals surface area (Å²) in [7, 11) is -4.49. The first-order chi connectivity index (χ1) is 13.9. The monoisotopic (exact) mass is 646 g/mol. The van der Waals surface area contributed by atoms with E-state index in [2.05, 4.69) is 47.8 Å². The SMILES string of the molecule is CCCCOC(COP(=O)(O)OC(Br)(Br)C(C)(C)CBr)(OCCCC)OCCCC. The third-order valence-corrected chi connectivity index (χ3v) is 9.55. The number of unbranched alkanes of at least 4 members (excludes halogenated alkanes) is 3. The molecule has 0 aliphatic rings. The molecule has 0 amide bonds. The fraction of sp³-hybridized carbons (Fsp3) is 1.00. The van der Waals surface area contributed by atoms with Gasteiger partial charge in [-0.3, -0.25) is 9.05 Å². The van der Waals surface area contributed by atoms with Gasteiger partial charge < -0.3 is 19.1 Å². The van der Waals surface area contributed by atoms with Crippen LogP contribution in [0.2, 0.25) is 0 Å². The lowest BCUT2D eigenvalue weighted by atomic mass is 9.98. The van der Waals surface area contributed by atoms with Crippen molar-refractivity contribution in [2.24, 2.45) is 5.41 Å². The summed E-state index contributed by atoms with van der Waals surface area (Å²) < 4.78 is 39.8. The average molecular weight is 649 g/mol. The molecule has 0 radical (unpaired) electrons. The highest BCUT2D eigenvalue weighted by atomic mass is 79.9. The third-order valence-electron chi connectivity index (χ3n) is 4.22. The number of halogens is 3. The van der Waals surface area contributed by atoms with Crippen LogP contribution in [0.3, 0.4) is 0 Å². The zero-order valence-corrected chi connectivity index (χ0v) is 24.4. The van der Waals surface area contributed by atoms with Gasteiger partial charge >= 0.3 is 13.8 Å². The van der Waals surface area contributed by atoms with Crippen molar-refractivity contribution in [3.8, 4) is 0 Å². The number of alkyl halides is 3. The van der Waals surface area contributed by atoms with Crippen LogP contribution in [-0.2, 0) is 27.8 Å². The molecule has 182 valence electrons. The summed E-state index contributed by atoms with van der Waals surface area (Å²) in [5.41, 5.74) is -0.571. The lowest BCUT2D eigenvalue weighted by Gasteiger charge is -2.38. The minimum atomic E-state index is -4.49. The van der Waals surface area contributed by atoms with Crippen LogP contribution in [0.25, 0.3) is 0 Å². The number of phosphoric acid groups is 1. The van der Waals surface area contributed by atoms with E-state index >= 15 is 0 Å². The number of phosphoric ester groups is 1. The maximum Gasteiger partial charge on any atom is 0.474 e. The molecule has 0 spiro atoms. The number of ether oxygens (including phenoxy) is 3. The first-order valence-corrected chi connectivity index (χ1v) is 14.6. The number of hydrogen-bond donors (Lipinski definition) is 1. The molecule has 1 N–H and O–H groups in total. The van der Waals surface area contributed by atoms with Crippen molar-refractivity contribution in [1.29, 1.82) is 0 Å². The minimum Gasteiger partial charge on any atom is -0.326 e. The highest BCUT2D eigenvalue weighted by molar-refractivity contribution is 9.25. The molecular weight excluding hydrogens is 611 g/mol. The largest absolute Gasteiger partial charge is 0.474 e. The fourth-order valence-corrected chi connectivity index (χ4v) is 5.34. The van der Waals surface area contributed by atoms with E-state index in [1.54, 1.807) is 0 Å². The molecule has 0 saturated carbocycles. The molecule has 0 aromatic heterocycles. The molecular formula is C19H38Br3O7P. The average Bonchev–Trinajstić information content (AvgIpc) is 2.66. The minimum absolute atomic E-state index is 0.381. The van der Waals surface area contributed by atoms with Gasteiger partial charge in [-0.05, 0) is 51.1 Å². The second-order valence-electron chi connectivity index (χ2n) is 7.66. The summed E-state index contributed by atoms with van der Waals surface area (Å²) in [6.07, 6.45) is 5.19. The molecule has 0 saturated heterocycles. The number of hydrogen-bond acceptors (Lipinski definition) is 6. The maximum absolute atomic E-state index is 12.7. The van der Waals surface area contributed by atoms with Gasteiger partial charge in [-0.15, -0.1) is 0 Å². The van der Waals surface area contributed by atoms with Crippen LogP contribution in [0, 0.1) is 5.41 Å². The van der Waals surface area contributed by atoms with Crippen LogP contribution >= 0.6 is 55.6 Å². The summed E-state index contributed by atoms with van der Waals surface area (Å²) in [5, 5.41) is 0.501. The smallest absolute Gasteiger partial charge is 0.326 e. The molecule has 0 aromatic rings. The molecule has 1 unspecified atom stereocenters. The third kappa shape index (κ3) is 12.1. The van der Waals surface area contributed by atoms with E-state index in [9.17, 15) is 9.46 Å². The van der Waals surface area contributed by atoms with Crippen molar-refractivity contribution in [2.45, 2.75) is 82.5 Å². The molecule has 0 rings (SSSR count). The summed E-state index contributed by atoms with van der Waals surface area (Å²) in [6.45, 7) is 10.6. The van der Waals surface area contributed by atoms with Crippen LogP contribution in [0.5, 0.6) is 0 Å². The molecule has 0 fully saturated rings. The molecule has 30 heavy (non-hydrogen) atoms. The quantitative estimate of drug-likeness (QED) is 0.0693. The maximum atomic E-state index is 12.7.